The molecular formula is C14H9BrFN3. The van der Waals surface area contributed by atoms with Crippen LogP contribution in [0.2, 0.25) is 0 Å². The van der Waals surface area contributed by atoms with Crippen molar-refractivity contribution in [3.63, 3.8) is 0 Å². The predicted octanol–water partition coefficient (Wildman–Crippen LogP) is 3.84. The summed E-state index contributed by atoms with van der Waals surface area (Å²) in [6, 6.07) is 10.1. The van der Waals surface area contributed by atoms with E-state index in [2.05, 4.69) is 26.0 Å². The zero-order valence-corrected chi connectivity index (χ0v) is 11.4. The molecule has 0 amide bonds. The number of benzene rings is 1. The van der Waals surface area contributed by atoms with Crippen molar-refractivity contribution < 1.29 is 4.39 Å². The van der Waals surface area contributed by atoms with Gasteiger partial charge in [0.05, 0.1) is 6.20 Å². The van der Waals surface area contributed by atoms with Crippen molar-refractivity contribution in [1.29, 1.82) is 0 Å². The first kappa shape index (κ1) is 12.0. The summed E-state index contributed by atoms with van der Waals surface area (Å²) in [6.07, 6.45) is 5.31. The van der Waals surface area contributed by atoms with E-state index >= 15 is 0 Å². The van der Waals surface area contributed by atoms with E-state index in [0.717, 1.165) is 21.4 Å². The first-order valence-electron chi connectivity index (χ1n) is 5.65. The molecular weight excluding hydrogens is 309 g/mol. The molecule has 0 aliphatic heterocycles. The fourth-order valence-corrected chi connectivity index (χ4v) is 1.98. The number of rotatable bonds is 2. The number of hydrogen-bond donors (Lipinski definition) is 0. The van der Waals surface area contributed by atoms with Crippen molar-refractivity contribution in [3.05, 3.63) is 65.3 Å². The topological polar surface area (TPSA) is 30.7 Å². The lowest BCUT2D eigenvalue weighted by molar-refractivity contribution is 0.628. The molecule has 0 bridgehead atoms. The normalized spacial score (nSPS) is 10.6. The Bertz CT molecular complexity index is 629. The van der Waals surface area contributed by atoms with Gasteiger partial charge in [0.15, 0.2) is 5.82 Å². The van der Waals surface area contributed by atoms with Crippen molar-refractivity contribution in [2.45, 2.75) is 0 Å². The highest BCUT2D eigenvalue weighted by Gasteiger charge is 2.04. The standard InChI is InChI=1S/C14H9BrFN3/c15-12-3-6-14(17-8-12)19-9-11(7-18-19)10-1-4-13(16)5-2-10/h1-9H. The third-order valence-electron chi connectivity index (χ3n) is 2.71. The van der Waals surface area contributed by atoms with Crippen LogP contribution in [-0.4, -0.2) is 14.8 Å². The SMILES string of the molecule is Fc1ccc(-c2cnn(-c3ccc(Br)cn3)c2)cc1. The molecule has 2 aromatic heterocycles. The van der Waals surface area contributed by atoms with Crippen LogP contribution in [0.3, 0.4) is 0 Å². The van der Waals surface area contributed by atoms with Gasteiger partial charge in [-0.3, -0.25) is 0 Å². The maximum absolute atomic E-state index is 12.9. The second-order valence-corrected chi connectivity index (χ2v) is 4.93. The summed E-state index contributed by atoms with van der Waals surface area (Å²) in [6.45, 7) is 0. The summed E-state index contributed by atoms with van der Waals surface area (Å²) in [7, 11) is 0. The monoisotopic (exact) mass is 317 g/mol. The molecule has 0 spiro atoms. The fourth-order valence-electron chi connectivity index (χ4n) is 1.74. The van der Waals surface area contributed by atoms with Gasteiger partial charge in [-0.25, -0.2) is 14.1 Å². The minimum atomic E-state index is -0.245. The van der Waals surface area contributed by atoms with E-state index in [-0.39, 0.29) is 5.82 Å². The van der Waals surface area contributed by atoms with Gasteiger partial charge in [-0.15, -0.1) is 0 Å². The van der Waals surface area contributed by atoms with Crippen LogP contribution in [0.1, 0.15) is 0 Å². The average Bonchev–Trinajstić information content (AvgIpc) is 2.90. The Hall–Kier alpha value is -2.01. The third-order valence-corrected chi connectivity index (χ3v) is 3.18. The second kappa shape index (κ2) is 4.93. The van der Waals surface area contributed by atoms with E-state index in [0.29, 0.717) is 0 Å². The van der Waals surface area contributed by atoms with Gasteiger partial charge in [-0.2, -0.15) is 5.10 Å². The smallest absolute Gasteiger partial charge is 0.153 e. The van der Waals surface area contributed by atoms with E-state index in [1.54, 1.807) is 29.2 Å². The van der Waals surface area contributed by atoms with Gasteiger partial charge in [0.1, 0.15) is 5.82 Å². The number of nitrogens with zero attached hydrogens (tertiary/aromatic N) is 3. The highest BCUT2D eigenvalue weighted by Crippen LogP contribution is 2.20. The largest absolute Gasteiger partial charge is 0.236 e. The molecule has 3 nitrogen and oxygen atoms in total. The summed E-state index contributed by atoms with van der Waals surface area (Å²) < 4.78 is 15.5. The number of halogens is 2. The van der Waals surface area contributed by atoms with Crippen molar-refractivity contribution in [1.82, 2.24) is 14.8 Å². The first-order chi connectivity index (χ1) is 9.22. The summed E-state index contributed by atoms with van der Waals surface area (Å²) in [4.78, 5) is 4.26. The highest BCUT2D eigenvalue weighted by molar-refractivity contribution is 9.10. The minimum absolute atomic E-state index is 0.245. The molecule has 1 aromatic carbocycles. The van der Waals surface area contributed by atoms with Gasteiger partial charge in [0, 0.05) is 22.4 Å². The maximum atomic E-state index is 12.9. The van der Waals surface area contributed by atoms with Gasteiger partial charge in [-0.1, -0.05) is 12.1 Å². The van der Waals surface area contributed by atoms with Crippen LogP contribution in [0.15, 0.2) is 59.5 Å². The van der Waals surface area contributed by atoms with Crippen LogP contribution >= 0.6 is 15.9 Å². The number of pyridine rings is 1. The molecule has 19 heavy (non-hydrogen) atoms. The zero-order valence-electron chi connectivity index (χ0n) is 9.79. The van der Waals surface area contributed by atoms with Crippen LogP contribution in [0, 0.1) is 5.82 Å². The zero-order chi connectivity index (χ0) is 13.2. The summed E-state index contributed by atoms with van der Waals surface area (Å²) >= 11 is 3.34. The van der Waals surface area contributed by atoms with E-state index in [9.17, 15) is 4.39 Å². The Morgan fingerprint density at radius 1 is 0.947 bits per heavy atom. The molecule has 3 aromatic rings. The van der Waals surface area contributed by atoms with Gasteiger partial charge in [-0.05, 0) is 45.8 Å². The minimum Gasteiger partial charge on any atom is -0.236 e. The predicted molar refractivity (Wildman–Crippen MR) is 74.5 cm³/mol. The van der Waals surface area contributed by atoms with Crippen LogP contribution in [0.25, 0.3) is 16.9 Å². The van der Waals surface area contributed by atoms with Gasteiger partial charge < -0.3 is 0 Å². The maximum Gasteiger partial charge on any atom is 0.153 e. The van der Waals surface area contributed by atoms with Crippen LogP contribution in [0.4, 0.5) is 4.39 Å². The van der Waals surface area contributed by atoms with Crippen molar-refractivity contribution >= 4 is 15.9 Å². The summed E-state index contributed by atoms with van der Waals surface area (Å²) in [5.74, 6) is 0.488. The number of hydrogen-bond acceptors (Lipinski definition) is 2. The lowest BCUT2D eigenvalue weighted by Gasteiger charge is -1.99. The molecule has 0 unspecified atom stereocenters. The van der Waals surface area contributed by atoms with Crippen LogP contribution in [-0.2, 0) is 0 Å². The Morgan fingerprint density at radius 2 is 1.74 bits per heavy atom. The van der Waals surface area contributed by atoms with Crippen molar-refractivity contribution in [2.24, 2.45) is 0 Å². The van der Waals surface area contributed by atoms with Gasteiger partial charge >= 0.3 is 0 Å². The lowest BCUT2D eigenvalue weighted by Crippen LogP contribution is -1.96. The lowest BCUT2D eigenvalue weighted by atomic mass is 10.1. The molecule has 5 heteroatoms. The third kappa shape index (κ3) is 2.56. The summed E-state index contributed by atoms with van der Waals surface area (Å²) in [5, 5.41) is 4.26. The Kier molecular flexibility index (Phi) is 3.13. The van der Waals surface area contributed by atoms with Gasteiger partial charge in [0.2, 0.25) is 0 Å². The average molecular weight is 318 g/mol. The van der Waals surface area contributed by atoms with Crippen molar-refractivity contribution in [2.75, 3.05) is 0 Å². The molecule has 2 heterocycles. The molecule has 94 valence electrons. The number of aromatic nitrogens is 3. The quantitative estimate of drug-likeness (QED) is 0.719. The summed E-state index contributed by atoms with van der Waals surface area (Å²) in [5.41, 5.74) is 1.84. The van der Waals surface area contributed by atoms with E-state index in [1.807, 2.05) is 18.3 Å². The van der Waals surface area contributed by atoms with E-state index < -0.39 is 0 Å². The second-order valence-electron chi connectivity index (χ2n) is 4.02. The molecule has 0 saturated heterocycles. The van der Waals surface area contributed by atoms with E-state index in [4.69, 9.17) is 0 Å². The van der Waals surface area contributed by atoms with Crippen LogP contribution in [0.5, 0.6) is 0 Å². The molecule has 3 rings (SSSR count). The molecule has 0 radical (unpaired) electrons. The Balaban J connectivity index is 1.95. The Morgan fingerprint density at radius 3 is 2.42 bits per heavy atom. The first-order valence-corrected chi connectivity index (χ1v) is 6.44. The molecule has 0 aliphatic rings. The molecule has 0 atom stereocenters. The Labute approximate surface area is 117 Å². The molecule has 0 N–H and O–H groups in total. The highest BCUT2D eigenvalue weighted by atomic mass is 79.9. The molecule has 0 aliphatic carbocycles. The fraction of sp³-hybridized carbons (Fsp3) is 0. The molecule has 0 fully saturated rings. The van der Waals surface area contributed by atoms with Gasteiger partial charge in [0.25, 0.3) is 0 Å². The molecule has 0 saturated carbocycles. The van der Waals surface area contributed by atoms with Crippen LogP contribution < -0.4 is 0 Å². The van der Waals surface area contributed by atoms with Crippen molar-refractivity contribution in [3.8, 4) is 16.9 Å². The van der Waals surface area contributed by atoms with E-state index in [1.165, 1.54) is 12.1 Å².